The van der Waals surface area contributed by atoms with Gasteiger partial charge in [0, 0.05) is 12.1 Å². The largest absolute Gasteiger partial charge is 0.441 e. The van der Waals surface area contributed by atoms with Gasteiger partial charge in [-0.25, -0.2) is 4.98 Å². The zero-order chi connectivity index (χ0) is 9.54. The van der Waals surface area contributed by atoms with Crippen LogP contribution in [0.5, 0.6) is 0 Å². The molecule has 1 heterocycles. The number of aromatic nitrogens is 1. The molecule has 0 amide bonds. The van der Waals surface area contributed by atoms with Crippen molar-refractivity contribution in [2.75, 3.05) is 5.73 Å². The Hall–Kier alpha value is -1.51. The van der Waals surface area contributed by atoms with E-state index in [-0.39, 0.29) is 0 Å². The van der Waals surface area contributed by atoms with Crippen LogP contribution in [0.4, 0.5) is 5.69 Å². The molecule has 1 aliphatic rings. The van der Waals surface area contributed by atoms with E-state index in [9.17, 15) is 0 Å². The van der Waals surface area contributed by atoms with Crippen molar-refractivity contribution in [3.63, 3.8) is 0 Å². The second-order valence-corrected chi connectivity index (χ2v) is 3.98. The molecule has 0 radical (unpaired) electrons. The van der Waals surface area contributed by atoms with Crippen LogP contribution >= 0.6 is 0 Å². The molecule has 2 aromatic rings. The molecule has 0 unspecified atom stereocenters. The number of nitrogen functional groups attached to an aromatic ring is 1. The highest BCUT2D eigenvalue weighted by Gasteiger charge is 2.23. The zero-order valence-electron chi connectivity index (χ0n) is 7.86. The first-order valence-corrected chi connectivity index (χ1v) is 4.96. The van der Waals surface area contributed by atoms with Crippen LogP contribution in [-0.2, 0) is 6.42 Å². The van der Waals surface area contributed by atoms with Gasteiger partial charge in [0.2, 0.25) is 0 Å². The van der Waals surface area contributed by atoms with Crippen molar-refractivity contribution >= 4 is 16.8 Å². The third kappa shape index (κ3) is 1.35. The fourth-order valence-electron chi connectivity index (χ4n) is 1.65. The summed E-state index contributed by atoms with van der Waals surface area (Å²) in [5.41, 5.74) is 8.12. The van der Waals surface area contributed by atoms with Crippen molar-refractivity contribution in [1.29, 1.82) is 0 Å². The van der Waals surface area contributed by atoms with E-state index in [1.807, 2.05) is 18.2 Å². The van der Waals surface area contributed by atoms with Crippen LogP contribution in [0.2, 0.25) is 0 Å². The van der Waals surface area contributed by atoms with E-state index in [1.54, 1.807) is 0 Å². The summed E-state index contributed by atoms with van der Waals surface area (Å²) in [5, 5.41) is 0. The molecule has 1 aromatic carbocycles. The monoisotopic (exact) mass is 188 g/mol. The van der Waals surface area contributed by atoms with Gasteiger partial charge in [0.15, 0.2) is 11.5 Å². The van der Waals surface area contributed by atoms with Gasteiger partial charge < -0.3 is 10.2 Å². The molecule has 1 aromatic heterocycles. The van der Waals surface area contributed by atoms with Crippen molar-refractivity contribution in [3.8, 4) is 0 Å². The van der Waals surface area contributed by atoms with Gasteiger partial charge in [0.1, 0.15) is 5.52 Å². The molecule has 0 aliphatic heterocycles. The van der Waals surface area contributed by atoms with Gasteiger partial charge in [-0.1, -0.05) is 0 Å². The Labute approximate surface area is 81.9 Å². The van der Waals surface area contributed by atoms with Crippen molar-refractivity contribution < 1.29 is 4.42 Å². The minimum atomic E-state index is 0.740. The lowest BCUT2D eigenvalue weighted by Gasteiger charge is -1.88. The SMILES string of the molecule is Nc1ccc2oc(CC3CC3)nc2c1. The van der Waals surface area contributed by atoms with E-state index in [2.05, 4.69) is 4.98 Å². The molecule has 1 fully saturated rings. The number of oxazole rings is 1. The third-order valence-corrected chi connectivity index (χ3v) is 2.62. The van der Waals surface area contributed by atoms with E-state index >= 15 is 0 Å². The van der Waals surface area contributed by atoms with Gasteiger partial charge in [-0.05, 0) is 37.0 Å². The highest BCUT2D eigenvalue weighted by atomic mass is 16.3. The van der Waals surface area contributed by atoms with Crippen molar-refractivity contribution in [2.45, 2.75) is 19.3 Å². The highest BCUT2D eigenvalue weighted by molar-refractivity contribution is 5.76. The lowest BCUT2D eigenvalue weighted by atomic mass is 10.3. The maximum atomic E-state index is 5.67. The first-order valence-electron chi connectivity index (χ1n) is 4.96. The molecule has 3 nitrogen and oxygen atoms in total. The van der Waals surface area contributed by atoms with Crippen LogP contribution in [0.15, 0.2) is 22.6 Å². The van der Waals surface area contributed by atoms with Crippen LogP contribution in [0.1, 0.15) is 18.7 Å². The van der Waals surface area contributed by atoms with E-state index in [0.29, 0.717) is 0 Å². The predicted molar refractivity (Wildman–Crippen MR) is 54.8 cm³/mol. The number of anilines is 1. The number of hydrogen-bond donors (Lipinski definition) is 1. The van der Waals surface area contributed by atoms with Gasteiger partial charge in [0.05, 0.1) is 0 Å². The van der Waals surface area contributed by atoms with Gasteiger partial charge >= 0.3 is 0 Å². The number of nitrogens with two attached hydrogens (primary N) is 1. The van der Waals surface area contributed by atoms with Gasteiger partial charge in [-0.15, -0.1) is 0 Å². The fourth-order valence-corrected chi connectivity index (χ4v) is 1.65. The quantitative estimate of drug-likeness (QED) is 0.736. The summed E-state index contributed by atoms with van der Waals surface area (Å²) in [7, 11) is 0. The molecule has 0 atom stereocenters. The Morgan fingerprint density at radius 1 is 1.43 bits per heavy atom. The van der Waals surface area contributed by atoms with Gasteiger partial charge in [-0.3, -0.25) is 0 Å². The molecule has 0 spiro atoms. The minimum absolute atomic E-state index is 0.740. The van der Waals surface area contributed by atoms with Crippen LogP contribution in [-0.4, -0.2) is 4.98 Å². The van der Waals surface area contributed by atoms with Crippen molar-refractivity contribution in [3.05, 3.63) is 24.1 Å². The smallest absolute Gasteiger partial charge is 0.195 e. The fraction of sp³-hybridized carbons (Fsp3) is 0.364. The Morgan fingerprint density at radius 3 is 3.07 bits per heavy atom. The lowest BCUT2D eigenvalue weighted by Crippen LogP contribution is -1.85. The second kappa shape index (κ2) is 2.74. The van der Waals surface area contributed by atoms with Crippen LogP contribution in [0, 0.1) is 5.92 Å². The normalized spacial score (nSPS) is 16.3. The van der Waals surface area contributed by atoms with Crippen molar-refractivity contribution in [2.24, 2.45) is 5.92 Å². The average Bonchev–Trinajstić information content (AvgIpc) is 2.84. The molecule has 14 heavy (non-hydrogen) atoms. The number of hydrogen-bond acceptors (Lipinski definition) is 3. The number of nitrogens with zero attached hydrogens (tertiary/aromatic N) is 1. The van der Waals surface area contributed by atoms with Gasteiger partial charge in [0.25, 0.3) is 0 Å². The van der Waals surface area contributed by atoms with Gasteiger partial charge in [-0.2, -0.15) is 0 Å². The summed E-state index contributed by atoms with van der Waals surface area (Å²) in [5.74, 6) is 1.66. The number of rotatable bonds is 2. The van der Waals surface area contributed by atoms with E-state index in [0.717, 1.165) is 35.0 Å². The molecule has 2 N–H and O–H groups in total. The molecule has 0 bridgehead atoms. The number of fused-ring (bicyclic) bond motifs is 1. The van der Waals surface area contributed by atoms with Crippen LogP contribution < -0.4 is 5.73 Å². The Bertz CT molecular complexity index is 471. The zero-order valence-corrected chi connectivity index (χ0v) is 7.86. The molecule has 0 saturated heterocycles. The molecule has 3 rings (SSSR count). The molecular weight excluding hydrogens is 176 g/mol. The summed E-state index contributed by atoms with van der Waals surface area (Å²) in [4.78, 5) is 4.41. The summed E-state index contributed by atoms with van der Waals surface area (Å²) in [6.07, 6.45) is 3.62. The summed E-state index contributed by atoms with van der Waals surface area (Å²) in [6, 6.07) is 5.58. The summed E-state index contributed by atoms with van der Waals surface area (Å²) >= 11 is 0. The minimum Gasteiger partial charge on any atom is -0.441 e. The van der Waals surface area contributed by atoms with E-state index in [4.69, 9.17) is 10.2 Å². The molecule has 1 saturated carbocycles. The topological polar surface area (TPSA) is 52.0 Å². The summed E-state index contributed by atoms with van der Waals surface area (Å²) < 4.78 is 5.61. The lowest BCUT2D eigenvalue weighted by molar-refractivity contribution is 0.514. The standard InChI is InChI=1S/C11H12N2O/c12-8-3-4-10-9(6-8)13-11(14-10)5-7-1-2-7/h3-4,6-7H,1-2,5,12H2. The Balaban J connectivity index is 2.01. The average molecular weight is 188 g/mol. The molecule has 3 heteroatoms. The molecular formula is C11H12N2O. The van der Waals surface area contributed by atoms with Crippen LogP contribution in [0.3, 0.4) is 0 Å². The predicted octanol–water partition coefficient (Wildman–Crippen LogP) is 2.36. The first kappa shape index (κ1) is 7.85. The second-order valence-electron chi connectivity index (χ2n) is 3.98. The number of benzene rings is 1. The Morgan fingerprint density at radius 2 is 2.29 bits per heavy atom. The summed E-state index contributed by atoms with van der Waals surface area (Å²) in [6.45, 7) is 0. The third-order valence-electron chi connectivity index (χ3n) is 2.62. The maximum Gasteiger partial charge on any atom is 0.195 e. The highest BCUT2D eigenvalue weighted by Crippen LogP contribution is 2.33. The van der Waals surface area contributed by atoms with E-state index < -0.39 is 0 Å². The first-order chi connectivity index (χ1) is 6.81. The Kier molecular flexibility index (Phi) is 1.54. The van der Waals surface area contributed by atoms with Crippen molar-refractivity contribution in [1.82, 2.24) is 4.98 Å². The maximum absolute atomic E-state index is 5.67. The molecule has 72 valence electrons. The molecule has 1 aliphatic carbocycles. The van der Waals surface area contributed by atoms with E-state index in [1.165, 1.54) is 12.8 Å². The van der Waals surface area contributed by atoms with Crippen LogP contribution in [0.25, 0.3) is 11.1 Å².